The highest BCUT2D eigenvalue weighted by Crippen LogP contribution is 2.19. The Morgan fingerprint density at radius 2 is 1.88 bits per heavy atom. The summed E-state index contributed by atoms with van der Waals surface area (Å²) in [7, 11) is 1.81. The lowest BCUT2D eigenvalue weighted by atomic mass is 10.0. The van der Waals surface area contributed by atoms with E-state index >= 15 is 0 Å². The van der Waals surface area contributed by atoms with Crippen LogP contribution in [0.2, 0.25) is 0 Å². The van der Waals surface area contributed by atoms with Crippen molar-refractivity contribution in [3.05, 3.63) is 29.3 Å². The van der Waals surface area contributed by atoms with Crippen molar-refractivity contribution >= 4 is 5.91 Å². The molecule has 0 aliphatic carbocycles. The molecule has 0 aliphatic heterocycles. The molecule has 1 unspecified atom stereocenters. The molecule has 94 valence electrons. The van der Waals surface area contributed by atoms with Crippen molar-refractivity contribution in [1.29, 1.82) is 0 Å². The van der Waals surface area contributed by atoms with Crippen LogP contribution in [-0.4, -0.2) is 29.0 Å². The van der Waals surface area contributed by atoms with Crippen LogP contribution in [0.4, 0.5) is 0 Å². The summed E-state index contributed by atoms with van der Waals surface area (Å²) in [5.74, 6) is 0.637. The van der Waals surface area contributed by atoms with Gasteiger partial charge in [0.25, 0.3) is 5.91 Å². The summed E-state index contributed by atoms with van der Waals surface area (Å²) in [6.07, 6.45) is 0. The highest BCUT2D eigenvalue weighted by molar-refractivity contribution is 5.94. The predicted molar refractivity (Wildman–Crippen MR) is 69.2 cm³/mol. The Labute approximate surface area is 103 Å². The first-order valence-electron chi connectivity index (χ1n) is 5.91. The minimum atomic E-state index is -0.00528. The molecule has 1 N–H and O–H groups in total. The van der Waals surface area contributed by atoms with Crippen LogP contribution in [0.3, 0.4) is 0 Å². The van der Waals surface area contributed by atoms with E-state index in [1.807, 2.05) is 14.0 Å². The van der Waals surface area contributed by atoms with E-state index < -0.39 is 0 Å². The lowest BCUT2D eigenvalue weighted by molar-refractivity contribution is 0.0707. The normalized spacial score (nSPS) is 12.6. The summed E-state index contributed by atoms with van der Waals surface area (Å²) in [5, 5.41) is 9.44. The van der Waals surface area contributed by atoms with Crippen molar-refractivity contribution in [1.82, 2.24) is 4.90 Å². The number of carbonyl (C=O) groups excluding carboxylic acids is 1. The smallest absolute Gasteiger partial charge is 0.253 e. The number of hydrogen-bond acceptors (Lipinski definition) is 2. The first-order valence-corrected chi connectivity index (χ1v) is 5.91. The second kappa shape index (κ2) is 5.21. The summed E-state index contributed by atoms with van der Waals surface area (Å²) >= 11 is 0. The summed E-state index contributed by atoms with van der Waals surface area (Å²) in [6, 6.07) is 5.14. The molecule has 0 aromatic heterocycles. The second-order valence-corrected chi connectivity index (χ2v) is 4.90. The lowest BCUT2D eigenvalue weighted by Crippen LogP contribution is -2.38. The van der Waals surface area contributed by atoms with E-state index in [4.69, 9.17) is 0 Å². The fourth-order valence-electron chi connectivity index (χ4n) is 1.62. The molecular weight excluding hydrogens is 214 g/mol. The SMILES string of the molecule is Cc1cc(C(=O)N(C)C(C)C(C)C)ccc1O. The maximum atomic E-state index is 12.2. The van der Waals surface area contributed by atoms with Gasteiger partial charge in [0.15, 0.2) is 0 Å². The zero-order chi connectivity index (χ0) is 13.2. The molecule has 1 amide bonds. The van der Waals surface area contributed by atoms with Crippen molar-refractivity contribution < 1.29 is 9.90 Å². The van der Waals surface area contributed by atoms with Crippen LogP contribution < -0.4 is 0 Å². The summed E-state index contributed by atoms with van der Waals surface area (Å²) in [6.45, 7) is 8.01. The van der Waals surface area contributed by atoms with Crippen molar-refractivity contribution in [2.24, 2.45) is 5.92 Å². The number of hydrogen-bond donors (Lipinski definition) is 1. The molecule has 1 aromatic rings. The molecule has 17 heavy (non-hydrogen) atoms. The number of rotatable bonds is 3. The Balaban J connectivity index is 2.92. The molecule has 0 spiro atoms. The Morgan fingerprint density at radius 1 is 1.29 bits per heavy atom. The van der Waals surface area contributed by atoms with Crippen LogP contribution >= 0.6 is 0 Å². The van der Waals surface area contributed by atoms with E-state index in [9.17, 15) is 9.90 Å². The van der Waals surface area contributed by atoms with Crippen molar-refractivity contribution in [3.63, 3.8) is 0 Å². The standard InChI is InChI=1S/C14H21NO2/c1-9(2)11(4)15(5)14(17)12-6-7-13(16)10(3)8-12/h6-9,11,16H,1-5H3. The van der Waals surface area contributed by atoms with E-state index in [1.165, 1.54) is 0 Å². The van der Waals surface area contributed by atoms with Gasteiger partial charge in [0.2, 0.25) is 0 Å². The maximum absolute atomic E-state index is 12.2. The number of carbonyl (C=O) groups is 1. The first-order chi connectivity index (χ1) is 7.84. The van der Waals surface area contributed by atoms with Crippen LogP contribution in [-0.2, 0) is 0 Å². The van der Waals surface area contributed by atoms with Gasteiger partial charge in [0.1, 0.15) is 5.75 Å². The van der Waals surface area contributed by atoms with Crippen LogP contribution in [0.1, 0.15) is 36.7 Å². The minimum Gasteiger partial charge on any atom is -0.508 e. The monoisotopic (exact) mass is 235 g/mol. The zero-order valence-corrected chi connectivity index (χ0v) is 11.2. The van der Waals surface area contributed by atoms with Gasteiger partial charge in [-0.05, 0) is 43.5 Å². The molecule has 1 rings (SSSR count). The van der Waals surface area contributed by atoms with Gasteiger partial charge in [0.05, 0.1) is 0 Å². The molecule has 1 aromatic carbocycles. The fraction of sp³-hybridized carbons (Fsp3) is 0.500. The molecule has 0 radical (unpaired) electrons. The van der Waals surface area contributed by atoms with Crippen molar-refractivity contribution in [2.45, 2.75) is 33.7 Å². The third kappa shape index (κ3) is 2.99. The van der Waals surface area contributed by atoms with Crippen LogP contribution in [0.25, 0.3) is 0 Å². The molecule has 3 heteroatoms. The van der Waals surface area contributed by atoms with E-state index in [1.54, 1.807) is 30.0 Å². The average molecular weight is 235 g/mol. The fourth-order valence-corrected chi connectivity index (χ4v) is 1.62. The van der Waals surface area contributed by atoms with Crippen molar-refractivity contribution in [2.75, 3.05) is 7.05 Å². The van der Waals surface area contributed by atoms with Crippen LogP contribution in [0.5, 0.6) is 5.75 Å². The quantitative estimate of drug-likeness (QED) is 0.875. The molecule has 3 nitrogen and oxygen atoms in total. The minimum absolute atomic E-state index is 0.00528. The Kier molecular flexibility index (Phi) is 4.16. The number of aromatic hydroxyl groups is 1. The van der Waals surface area contributed by atoms with Gasteiger partial charge in [-0.2, -0.15) is 0 Å². The van der Waals surface area contributed by atoms with Gasteiger partial charge in [0, 0.05) is 18.7 Å². The van der Waals surface area contributed by atoms with Gasteiger partial charge in [-0.3, -0.25) is 4.79 Å². The average Bonchev–Trinajstić information content (AvgIpc) is 2.29. The second-order valence-electron chi connectivity index (χ2n) is 4.90. The topological polar surface area (TPSA) is 40.5 Å². The zero-order valence-electron chi connectivity index (χ0n) is 11.2. The summed E-state index contributed by atoms with van der Waals surface area (Å²) in [5.41, 5.74) is 1.34. The van der Waals surface area contributed by atoms with E-state index in [-0.39, 0.29) is 17.7 Å². The number of amides is 1. The van der Waals surface area contributed by atoms with Gasteiger partial charge in [-0.25, -0.2) is 0 Å². The Hall–Kier alpha value is -1.51. The van der Waals surface area contributed by atoms with Crippen LogP contribution in [0, 0.1) is 12.8 Å². The van der Waals surface area contributed by atoms with Crippen LogP contribution in [0.15, 0.2) is 18.2 Å². The summed E-state index contributed by atoms with van der Waals surface area (Å²) in [4.78, 5) is 13.9. The number of benzene rings is 1. The highest BCUT2D eigenvalue weighted by Gasteiger charge is 2.20. The maximum Gasteiger partial charge on any atom is 0.253 e. The molecule has 0 aliphatic rings. The molecule has 0 bridgehead atoms. The number of aryl methyl sites for hydroxylation is 1. The molecule has 0 saturated heterocycles. The van der Waals surface area contributed by atoms with E-state index in [0.717, 1.165) is 5.56 Å². The van der Waals surface area contributed by atoms with Crippen molar-refractivity contribution in [3.8, 4) is 5.75 Å². The Morgan fingerprint density at radius 3 is 2.35 bits per heavy atom. The van der Waals surface area contributed by atoms with Gasteiger partial charge in [-0.1, -0.05) is 13.8 Å². The predicted octanol–water partition coefficient (Wildman–Crippen LogP) is 2.82. The molecule has 1 atom stereocenters. The number of phenolic OH excluding ortho intramolecular Hbond substituents is 1. The molecule has 0 heterocycles. The Bertz CT molecular complexity index is 413. The largest absolute Gasteiger partial charge is 0.508 e. The van der Waals surface area contributed by atoms with E-state index in [0.29, 0.717) is 11.5 Å². The third-order valence-electron chi connectivity index (χ3n) is 3.34. The third-order valence-corrected chi connectivity index (χ3v) is 3.34. The first kappa shape index (κ1) is 13.6. The number of nitrogens with zero attached hydrogens (tertiary/aromatic N) is 1. The van der Waals surface area contributed by atoms with Gasteiger partial charge >= 0.3 is 0 Å². The number of phenols is 1. The molecule has 0 saturated carbocycles. The van der Waals surface area contributed by atoms with Gasteiger partial charge in [-0.15, -0.1) is 0 Å². The lowest BCUT2D eigenvalue weighted by Gasteiger charge is -2.28. The summed E-state index contributed by atoms with van der Waals surface area (Å²) < 4.78 is 0. The highest BCUT2D eigenvalue weighted by atomic mass is 16.3. The molecular formula is C14H21NO2. The van der Waals surface area contributed by atoms with Gasteiger partial charge < -0.3 is 10.0 Å². The molecule has 0 fully saturated rings. The van der Waals surface area contributed by atoms with E-state index in [2.05, 4.69) is 13.8 Å².